The fraction of sp³-hybridized carbons (Fsp3) is 0.318. The van der Waals surface area contributed by atoms with Gasteiger partial charge in [0.25, 0.3) is 0 Å². The molecule has 1 heterocycles. The first-order valence-electron chi connectivity index (χ1n) is 9.62. The Morgan fingerprint density at radius 3 is 2.38 bits per heavy atom. The van der Waals surface area contributed by atoms with Crippen molar-refractivity contribution >= 4 is 29.3 Å². The molecule has 0 aromatic heterocycles. The zero-order chi connectivity index (χ0) is 20.6. The Bertz CT molecular complexity index is 855. The lowest BCUT2D eigenvalue weighted by Gasteiger charge is -2.16. The van der Waals surface area contributed by atoms with Gasteiger partial charge in [-0.15, -0.1) is 0 Å². The molecule has 3 rings (SSSR count). The van der Waals surface area contributed by atoms with E-state index >= 15 is 0 Å². The summed E-state index contributed by atoms with van der Waals surface area (Å²) in [5.41, 5.74) is 1.92. The molecule has 0 aliphatic carbocycles. The predicted octanol–water partition coefficient (Wildman–Crippen LogP) is 2.16. The van der Waals surface area contributed by atoms with Crippen molar-refractivity contribution in [3.8, 4) is 0 Å². The van der Waals surface area contributed by atoms with Crippen LogP contribution in [0.15, 0.2) is 54.6 Å². The second kappa shape index (κ2) is 10.1. The van der Waals surface area contributed by atoms with Crippen LogP contribution in [0.5, 0.6) is 0 Å². The molecular weight excluding hydrogens is 390 g/mol. The van der Waals surface area contributed by atoms with E-state index in [1.807, 2.05) is 42.5 Å². The Labute approximate surface area is 175 Å². The predicted molar refractivity (Wildman–Crippen MR) is 111 cm³/mol. The van der Waals surface area contributed by atoms with Crippen LogP contribution >= 0.6 is 11.6 Å². The van der Waals surface area contributed by atoms with Crippen LogP contribution in [0.4, 0.5) is 0 Å². The highest BCUT2D eigenvalue weighted by Gasteiger charge is 2.33. The fourth-order valence-electron chi connectivity index (χ4n) is 3.29. The minimum absolute atomic E-state index is 0.00901. The number of nitrogens with one attached hydrogen (secondary N) is 2. The zero-order valence-corrected chi connectivity index (χ0v) is 16.8. The van der Waals surface area contributed by atoms with E-state index in [0.29, 0.717) is 31.2 Å². The smallest absolute Gasteiger partial charge is 0.225 e. The first-order valence-corrected chi connectivity index (χ1v) is 9.99. The van der Waals surface area contributed by atoms with Crippen molar-refractivity contribution in [2.24, 2.45) is 5.92 Å². The summed E-state index contributed by atoms with van der Waals surface area (Å²) >= 11 is 5.83. The molecule has 6 nitrogen and oxygen atoms in total. The van der Waals surface area contributed by atoms with Gasteiger partial charge in [0.2, 0.25) is 17.7 Å². The standard InChI is InChI=1S/C22H24ClN3O3/c23-19-8-6-16(7-9-19)12-20(27)24-10-11-25-22(29)18-13-21(28)26(15-18)14-17-4-2-1-3-5-17/h1-9,18H,10-15H2,(H,24,27)(H,25,29). The Morgan fingerprint density at radius 2 is 1.66 bits per heavy atom. The van der Waals surface area contributed by atoms with E-state index in [0.717, 1.165) is 11.1 Å². The molecule has 1 aliphatic rings. The third-order valence-corrected chi connectivity index (χ3v) is 5.08. The van der Waals surface area contributed by atoms with Crippen LogP contribution in [0.2, 0.25) is 5.02 Å². The van der Waals surface area contributed by atoms with Gasteiger partial charge in [0.15, 0.2) is 0 Å². The number of benzene rings is 2. The molecule has 0 radical (unpaired) electrons. The number of carbonyl (C=O) groups excluding carboxylic acids is 3. The summed E-state index contributed by atoms with van der Waals surface area (Å²) in [5.74, 6) is -0.631. The summed E-state index contributed by atoms with van der Waals surface area (Å²) in [6.45, 7) is 1.60. The van der Waals surface area contributed by atoms with E-state index in [1.165, 1.54) is 0 Å². The molecule has 1 unspecified atom stereocenters. The molecule has 0 bridgehead atoms. The summed E-state index contributed by atoms with van der Waals surface area (Å²) in [6, 6.07) is 16.8. The summed E-state index contributed by atoms with van der Waals surface area (Å²) in [7, 11) is 0. The molecule has 1 saturated heterocycles. The molecule has 7 heteroatoms. The number of likely N-dealkylation sites (tertiary alicyclic amines) is 1. The van der Waals surface area contributed by atoms with Crippen molar-refractivity contribution < 1.29 is 14.4 Å². The number of hydrogen-bond acceptors (Lipinski definition) is 3. The maximum atomic E-state index is 12.3. The van der Waals surface area contributed by atoms with E-state index in [2.05, 4.69) is 10.6 Å². The maximum Gasteiger partial charge on any atom is 0.225 e. The summed E-state index contributed by atoms with van der Waals surface area (Å²) in [4.78, 5) is 38.2. The van der Waals surface area contributed by atoms with Gasteiger partial charge in [0, 0.05) is 37.6 Å². The lowest BCUT2D eigenvalue weighted by molar-refractivity contribution is -0.129. The van der Waals surface area contributed by atoms with Crippen LogP contribution in [0.3, 0.4) is 0 Å². The minimum Gasteiger partial charge on any atom is -0.354 e. The van der Waals surface area contributed by atoms with Crippen LogP contribution in [-0.4, -0.2) is 42.3 Å². The molecule has 1 aliphatic heterocycles. The van der Waals surface area contributed by atoms with Gasteiger partial charge >= 0.3 is 0 Å². The molecular formula is C22H24ClN3O3. The SMILES string of the molecule is O=C(Cc1ccc(Cl)cc1)NCCNC(=O)C1CC(=O)N(Cc2ccccc2)C1. The van der Waals surface area contributed by atoms with Gasteiger partial charge in [0.05, 0.1) is 12.3 Å². The molecule has 1 fully saturated rings. The lowest BCUT2D eigenvalue weighted by atomic mass is 10.1. The molecule has 2 aromatic rings. The lowest BCUT2D eigenvalue weighted by Crippen LogP contribution is -2.38. The highest BCUT2D eigenvalue weighted by molar-refractivity contribution is 6.30. The fourth-order valence-corrected chi connectivity index (χ4v) is 3.41. The molecule has 0 saturated carbocycles. The average molecular weight is 414 g/mol. The molecule has 3 amide bonds. The first-order chi connectivity index (χ1) is 14.0. The van der Waals surface area contributed by atoms with Crippen molar-refractivity contribution in [3.05, 3.63) is 70.7 Å². The molecule has 2 N–H and O–H groups in total. The molecule has 0 spiro atoms. The number of hydrogen-bond donors (Lipinski definition) is 2. The topological polar surface area (TPSA) is 78.5 Å². The van der Waals surface area contributed by atoms with Gasteiger partial charge in [-0.05, 0) is 23.3 Å². The van der Waals surface area contributed by atoms with Gasteiger partial charge in [-0.3, -0.25) is 14.4 Å². The highest BCUT2D eigenvalue weighted by atomic mass is 35.5. The normalized spacial score (nSPS) is 16.0. The van der Waals surface area contributed by atoms with E-state index in [4.69, 9.17) is 11.6 Å². The maximum absolute atomic E-state index is 12.3. The quantitative estimate of drug-likeness (QED) is 0.651. The molecule has 29 heavy (non-hydrogen) atoms. The summed E-state index contributed by atoms with van der Waals surface area (Å²) in [5, 5.41) is 6.21. The van der Waals surface area contributed by atoms with Crippen LogP contribution in [0.25, 0.3) is 0 Å². The number of rotatable bonds is 8. The third kappa shape index (κ3) is 6.32. The second-order valence-corrected chi connectivity index (χ2v) is 7.54. The van der Waals surface area contributed by atoms with E-state index in [9.17, 15) is 14.4 Å². The van der Waals surface area contributed by atoms with Crippen molar-refractivity contribution in [2.45, 2.75) is 19.4 Å². The second-order valence-electron chi connectivity index (χ2n) is 7.11. The van der Waals surface area contributed by atoms with Crippen LogP contribution < -0.4 is 10.6 Å². The average Bonchev–Trinajstić information content (AvgIpc) is 3.08. The van der Waals surface area contributed by atoms with Gasteiger partial charge in [-0.1, -0.05) is 54.1 Å². The number of amides is 3. The van der Waals surface area contributed by atoms with Crippen molar-refractivity contribution in [3.63, 3.8) is 0 Å². The Morgan fingerprint density at radius 1 is 0.966 bits per heavy atom. The number of nitrogens with zero attached hydrogens (tertiary/aromatic N) is 1. The largest absolute Gasteiger partial charge is 0.354 e. The van der Waals surface area contributed by atoms with Gasteiger partial charge < -0.3 is 15.5 Å². The summed E-state index contributed by atoms with van der Waals surface area (Å²) in [6.07, 6.45) is 0.484. The number of halogens is 1. The van der Waals surface area contributed by atoms with Crippen LogP contribution in [-0.2, 0) is 27.3 Å². The van der Waals surface area contributed by atoms with Crippen molar-refractivity contribution in [1.82, 2.24) is 15.5 Å². The number of carbonyl (C=O) groups is 3. The highest BCUT2D eigenvalue weighted by Crippen LogP contribution is 2.20. The monoisotopic (exact) mass is 413 g/mol. The van der Waals surface area contributed by atoms with Crippen molar-refractivity contribution in [1.29, 1.82) is 0 Å². The van der Waals surface area contributed by atoms with Gasteiger partial charge in [-0.2, -0.15) is 0 Å². The third-order valence-electron chi connectivity index (χ3n) is 4.83. The molecule has 1 atom stereocenters. The van der Waals surface area contributed by atoms with E-state index in [-0.39, 0.29) is 36.5 Å². The summed E-state index contributed by atoms with van der Waals surface area (Å²) < 4.78 is 0. The van der Waals surface area contributed by atoms with E-state index < -0.39 is 0 Å². The van der Waals surface area contributed by atoms with Gasteiger partial charge in [0.1, 0.15) is 0 Å². The van der Waals surface area contributed by atoms with Crippen molar-refractivity contribution in [2.75, 3.05) is 19.6 Å². The van der Waals surface area contributed by atoms with Gasteiger partial charge in [-0.25, -0.2) is 0 Å². The van der Waals surface area contributed by atoms with Crippen LogP contribution in [0, 0.1) is 5.92 Å². The molecule has 2 aromatic carbocycles. The minimum atomic E-state index is -0.351. The Hall–Kier alpha value is -2.86. The zero-order valence-electron chi connectivity index (χ0n) is 16.1. The van der Waals surface area contributed by atoms with E-state index in [1.54, 1.807) is 17.0 Å². The molecule has 152 valence electrons. The van der Waals surface area contributed by atoms with Crippen LogP contribution in [0.1, 0.15) is 17.5 Å². The Kier molecular flexibility index (Phi) is 7.25. The Balaban J connectivity index is 1.35. The first kappa shape index (κ1) is 20.9.